The van der Waals surface area contributed by atoms with Crippen LogP contribution in [0, 0.1) is 0 Å². The summed E-state index contributed by atoms with van der Waals surface area (Å²) >= 11 is 3.69. The fourth-order valence-corrected chi connectivity index (χ4v) is 6.58. The Bertz CT molecular complexity index is 1360. The number of nitrogens with one attached hydrogen (secondary N) is 2. The highest BCUT2D eigenvalue weighted by atomic mass is 32.2. The molecule has 15 heteroatoms. The second-order valence-corrected chi connectivity index (χ2v) is 11.2. The average Bonchev–Trinajstić information content (AvgIpc) is 3.64. The van der Waals surface area contributed by atoms with Gasteiger partial charge in [-0.2, -0.15) is 0 Å². The van der Waals surface area contributed by atoms with E-state index < -0.39 is 29.2 Å². The maximum absolute atomic E-state index is 13.1. The number of amides is 3. The van der Waals surface area contributed by atoms with E-state index in [1.165, 1.54) is 28.4 Å². The molecule has 12 nitrogen and oxygen atoms in total. The van der Waals surface area contributed by atoms with Crippen molar-refractivity contribution in [2.24, 2.45) is 5.16 Å². The predicted molar refractivity (Wildman–Crippen MR) is 143 cm³/mol. The smallest absolute Gasteiger partial charge is 0.353 e. The minimum Gasteiger partial charge on any atom is -0.477 e. The summed E-state index contributed by atoms with van der Waals surface area (Å²) in [6, 6.07) is 2.72. The number of hydrogen-bond donors (Lipinski definition) is 3. The average molecular weight is 573 g/mol. The Morgan fingerprint density at radius 3 is 2.89 bits per heavy atom. The van der Waals surface area contributed by atoms with Crippen molar-refractivity contribution < 1.29 is 29.1 Å². The Hall–Kier alpha value is -3.69. The molecule has 2 fully saturated rings. The molecule has 0 radical (unpaired) electrons. The standard InChI is InChI=1S/C23H20N6O6S3/c30-11-25-23-26-14(9-38-23)16(28-35-13-3-4-13)19(31)27-17-20(32)29-18(22(33)34)15(10-37-21(17)29)36-7-5-12-2-1-6-24-8-12/h1-2,5-9,11,13,17,21H,3-4,10H2,(H,27,31)(H,33,34)(H,25,26,30)/t17-,21+/m1/s1. The largest absolute Gasteiger partial charge is 0.477 e. The quantitative estimate of drug-likeness (QED) is 0.157. The van der Waals surface area contributed by atoms with E-state index in [2.05, 4.69) is 25.8 Å². The first-order valence-corrected chi connectivity index (χ1v) is 14.1. The first-order chi connectivity index (χ1) is 18.5. The number of carbonyl (C=O) groups is 4. The molecule has 2 aromatic heterocycles. The lowest BCUT2D eigenvalue weighted by molar-refractivity contribution is -0.150. The molecule has 38 heavy (non-hydrogen) atoms. The van der Waals surface area contributed by atoms with Crippen molar-refractivity contribution in [1.82, 2.24) is 20.2 Å². The molecule has 2 aliphatic heterocycles. The van der Waals surface area contributed by atoms with E-state index >= 15 is 0 Å². The van der Waals surface area contributed by atoms with Crippen LogP contribution in [0.25, 0.3) is 6.08 Å². The molecule has 1 saturated heterocycles. The highest BCUT2D eigenvalue weighted by Gasteiger charge is 2.54. The van der Waals surface area contributed by atoms with E-state index in [0.717, 1.165) is 29.7 Å². The topological polar surface area (TPSA) is 163 Å². The molecule has 1 aliphatic carbocycles. The number of pyridine rings is 1. The molecule has 5 rings (SSSR count). The number of aromatic nitrogens is 2. The number of thiazole rings is 1. The Morgan fingerprint density at radius 1 is 1.34 bits per heavy atom. The summed E-state index contributed by atoms with van der Waals surface area (Å²) in [5.41, 5.74) is 0.812. The third-order valence-corrected chi connectivity index (χ3v) is 8.67. The van der Waals surface area contributed by atoms with Crippen LogP contribution in [0.2, 0.25) is 0 Å². The number of rotatable bonds is 11. The van der Waals surface area contributed by atoms with Crippen LogP contribution in [-0.2, 0) is 24.0 Å². The monoisotopic (exact) mass is 572 g/mol. The van der Waals surface area contributed by atoms with Crippen LogP contribution in [0.4, 0.5) is 5.13 Å². The van der Waals surface area contributed by atoms with E-state index in [1.54, 1.807) is 35.3 Å². The molecule has 4 heterocycles. The van der Waals surface area contributed by atoms with Crippen LogP contribution >= 0.6 is 34.9 Å². The van der Waals surface area contributed by atoms with Gasteiger partial charge in [0.1, 0.15) is 28.9 Å². The number of nitrogens with zero attached hydrogens (tertiary/aromatic N) is 4. The SMILES string of the molecule is O=CNc1nc(C(=NOC2CC2)C(=O)N[C@@H]2C(=O)N3C(C(=O)O)=C(SC=Cc4cccnc4)CS[C@@H]23)cs1. The lowest BCUT2D eigenvalue weighted by atomic mass is 10.0. The second kappa shape index (κ2) is 11.4. The van der Waals surface area contributed by atoms with Crippen LogP contribution in [-0.4, -0.2) is 73.2 Å². The summed E-state index contributed by atoms with van der Waals surface area (Å²) in [4.78, 5) is 64.3. The van der Waals surface area contributed by atoms with Crippen molar-refractivity contribution in [2.45, 2.75) is 30.4 Å². The zero-order valence-electron chi connectivity index (χ0n) is 19.5. The van der Waals surface area contributed by atoms with Gasteiger partial charge < -0.3 is 20.6 Å². The molecule has 3 N–H and O–H groups in total. The molecular weight excluding hydrogens is 552 g/mol. The molecule has 0 aromatic carbocycles. The van der Waals surface area contributed by atoms with Gasteiger partial charge in [-0.3, -0.25) is 24.3 Å². The molecule has 2 aromatic rings. The zero-order valence-corrected chi connectivity index (χ0v) is 21.9. The first kappa shape index (κ1) is 25.9. The summed E-state index contributed by atoms with van der Waals surface area (Å²) in [6.07, 6.45) is 7.18. The third-order valence-electron chi connectivity index (χ3n) is 5.54. The van der Waals surface area contributed by atoms with Crippen molar-refractivity contribution in [1.29, 1.82) is 0 Å². The number of fused-ring (bicyclic) bond motifs is 1. The fourth-order valence-electron chi connectivity index (χ4n) is 3.56. The van der Waals surface area contributed by atoms with Gasteiger partial charge in [-0.15, -0.1) is 23.1 Å². The minimum absolute atomic E-state index is 0.0786. The van der Waals surface area contributed by atoms with E-state index in [0.29, 0.717) is 17.1 Å². The summed E-state index contributed by atoms with van der Waals surface area (Å²) in [5.74, 6) is -2.09. The van der Waals surface area contributed by atoms with E-state index in [4.69, 9.17) is 4.84 Å². The van der Waals surface area contributed by atoms with E-state index in [-0.39, 0.29) is 28.3 Å². The van der Waals surface area contributed by atoms with Crippen molar-refractivity contribution in [2.75, 3.05) is 11.1 Å². The Morgan fingerprint density at radius 2 is 2.18 bits per heavy atom. The molecule has 0 unspecified atom stereocenters. The third kappa shape index (κ3) is 5.58. The van der Waals surface area contributed by atoms with Crippen LogP contribution in [0.3, 0.4) is 0 Å². The number of carbonyl (C=O) groups excluding carboxylic acids is 3. The lowest BCUT2D eigenvalue weighted by Crippen LogP contribution is -2.71. The van der Waals surface area contributed by atoms with Gasteiger partial charge in [0.2, 0.25) is 6.41 Å². The maximum atomic E-state index is 13.1. The van der Waals surface area contributed by atoms with Crippen LogP contribution < -0.4 is 10.6 Å². The molecular formula is C23H20N6O6S3. The number of anilines is 1. The van der Waals surface area contributed by atoms with Gasteiger partial charge in [-0.1, -0.05) is 23.0 Å². The molecule has 3 amide bonds. The highest BCUT2D eigenvalue weighted by molar-refractivity contribution is 8.08. The van der Waals surface area contributed by atoms with E-state index in [9.17, 15) is 24.3 Å². The van der Waals surface area contributed by atoms with Gasteiger partial charge in [0.25, 0.3) is 11.8 Å². The van der Waals surface area contributed by atoms with Gasteiger partial charge in [-0.25, -0.2) is 9.78 Å². The zero-order chi connectivity index (χ0) is 26.6. The van der Waals surface area contributed by atoms with Crippen LogP contribution in [0.5, 0.6) is 0 Å². The number of carboxylic acids is 1. The van der Waals surface area contributed by atoms with Crippen molar-refractivity contribution in [3.63, 3.8) is 0 Å². The molecule has 3 aliphatic rings. The summed E-state index contributed by atoms with van der Waals surface area (Å²) in [6.45, 7) is 0. The van der Waals surface area contributed by atoms with Crippen molar-refractivity contribution >= 4 is 76.0 Å². The minimum atomic E-state index is -1.22. The summed E-state index contributed by atoms with van der Waals surface area (Å²) in [7, 11) is 0. The van der Waals surface area contributed by atoms with Gasteiger partial charge in [0.05, 0.1) is 0 Å². The lowest BCUT2D eigenvalue weighted by Gasteiger charge is -2.49. The predicted octanol–water partition coefficient (Wildman–Crippen LogP) is 2.09. The van der Waals surface area contributed by atoms with Crippen molar-refractivity contribution in [3.05, 3.63) is 57.2 Å². The van der Waals surface area contributed by atoms with Crippen LogP contribution in [0.1, 0.15) is 24.1 Å². The summed E-state index contributed by atoms with van der Waals surface area (Å²) < 4.78 is 0. The maximum Gasteiger partial charge on any atom is 0.353 e. The molecule has 0 spiro atoms. The number of β-lactam (4-membered cyclic amide) rings is 1. The highest BCUT2D eigenvalue weighted by Crippen LogP contribution is 2.43. The normalized spacial score (nSPS) is 21.1. The Kier molecular flexibility index (Phi) is 7.76. The van der Waals surface area contributed by atoms with Gasteiger partial charge >= 0.3 is 5.97 Å². The van der Waals surface area contributed by atoms with Gasteiger partial charge in [-0.05, 0) is 36.0 Å². The summed E-state index contributed by atoms with van der Waals surface area (Å²) in [5, 5.41) is 21.9. The van der Waals surface area contributed by atoms with Crippen molar-refractivity contribution in [3.8, 4) is 0 Å². The van der Waals surface area contributed by atoms with E-state index in [1.807, 2.05) is 6.07 Å². The Balaban J connectivity index is 1.30. The number of thioether (sulfide) groups is 2. The molecule has 196 valence electrons. The molecule has 0 bridgehead atoms. The second-order valence-electron chi connectivity index (χ2n) is 8.19. The van der Waals surface area contributed by atoms with Gasteiger partial charge in [0, 0.05) is 28.4 Å². The Labute approximate surface area is 228 Å². The molecule has 1 saturated carbocycles. The van der Waals surface area contributed by atoms with Crippen LogP contribution in [0.15, 0.2) is 51.1 Å². The number of hydrogen-bond acceptors (Lipinski definition) is 11. The number of carboxylic acid groups (broad SMARTS) is 1. The fraction of sp³-hybridized carbons (Fsp3) is 0.261. The number of aliphatic carboxylic acids is 1. The first-order valence-electron chi connectivity index (χ1n) is 11.3. The molecule has 2 atom stereocenters. The van der Waals surface area contributed by atoms with Gasteiger partial charge in [0.15, 0.2) is 10.8 Å². The number of oxime groups is 1.